The molecule has 256 valence electrons. The van der Waals surface area contributed by atoms with E-state index in [1.807, 2.05) is 0 Å². The molecule has 0 bridgehead atoms. The molecule has 8 N–H and O–H groups in total. The standard InChI is InChI=1S/C27H46I2N8O8/c28-26(42)20(6-1-3-12-30)36-24(40)10-8-22(38)32-14-16-34-44-18-5-19-45-35-17-15-33-23(39)9-11-25(41)37-21(27(29)43)7-2-4-13-31/h16-17,20-21H,1-15,18-19,30-31H2,(H,32,38)(H,33,39)(H,36,40)(H,37,41)/b34-16-,35-17-/t20-,21-/m0/s1. The molecule has 0 aliphatic carbocycles. The summed E-state index contributed by atoms with van der Waals surface area (Å²) in [6.45, 7) is 1.79. The zero-order valence-corrected chi connectivity index (χ0v) is 29.7. The summed E-state index contributed by atoms with van der Waals surface area (Å²) in [6, 6.07) is -1.16. The molecule has 0 rings (SSSR count). The molecule has 45 heavy (non-hydrogen) atoms. The van der Waals surface area contributed by atoms with Gasteiger partial charge in [0.1, 0.15) is 13.2 Å². The Labute approximate surface area is 291 Å². The fourth-order valence-corrected chi connectivity index (χ4v) is 4.36. The van der Waals surface area contributed by atoms with Gasteiger partial charge >= 0.3 is 0 Å². The second-order valence-corrected chi connectivity index (χ2v) is 11.7. The van der Waals surface area contributed by atoms with E-state index in [9.17, 15) is 28.8 Å². The number of rotatable bonds is 28. The first kappa shape index (κ1) is 42.5. The molecule has 0 saturated heterocycles. The molecule has 0 saturated carbocycles. The van der Waals surface area contributed by atoms with Crippen LogP contribution in [0.1, 0.15) is 70.6 Å². The summed E-state index contributed by atoms with van der Waals surface area (Å²) >= 11 is 3.30. The highest BCUT2D eigenvalue weighted by molar-refractivity contribution is 14.1. The van der Waals surface area contributed by atoms with Crippen molar-refractivity contribution in [1.82, 2.24) is 21.3 Å². The van der Waals surface area contributed by atoms with Gasteiger partial charge in [0.15, 0.2) is 0 Å². The smallest absolute Gasteiger partial charge is 0.221 e. The van der Waals surface area contributed by atoms with Crippen LogP contribution in [0.3, 0.4) is 0 Å². The molecule has 0 fully saturated rings. The lowest BCUT2D eigenvalue weighted by Gasteiger charge is -2.14. The predicted molar refractivity (Wildman–Crippen MR) is 186 cm³/mol. The Bertz CT molecular complexity index is 897. The molecule has 0 aromatic rings. The van der Waals surface area contributed by atoms with Crippen molar-refractivity contribution in [3.63, 3.8) is 0 Å². The molecule has 18 heteroatoms. The first-order valence-electron chi connectivity index (χ1n) is 14.8. The Morgan fingerprint density at radius 1 is 0.600 bits per heavy atom. The maximum Gasteiger partial charge on any atom is 0.221 e. The van der Waals surface area contributed by atoms with Crippen molar-refractivity contribution in [2.45, 2.75) is 82.7 Å². The van der Waals surface area contributed by atoms with Gasteiger partial charge in [0.05, 0.1) is 37.6 Å². The van der Waals surface area contributed by atoms with Gasteiger partial charge in [-0.25, -0.2) is 0 Å². The van der Waals surface area contributed by atoms with Crippen LogP contribution in [0.2, 0.25) is 0 Å². The minimum Gasteiger partial charge on any atom is -0.396 e. The number of amides is 4. The predicted octanol–water partition coefficient (Wildman–Crippen LogP) is 0.325. The van der Waals surface area contributed by atoms with Gasteiger partial charge in [-0.15, -0.1) is 0 Å². The average Bonchev–Trinajstić information content (AvgIpc) is 3.00. The van der Waals surface area contributed by atoms with E-state index in [-0.39, 0.29) is 83.2 Å². The van der Waals surface area contributed by atoms with Crippen LogP contribution < -0.4 is 32.7 Å². The summed E-state index contributed by atoms with van der Waals surface area (Å²) in [5, 5.41) is 17.9. The lowest BCUT2D eigenvalue weighted by Crippen LogP contribution is -2.39. The van der Waals surface area contributed by atoms with Crippen molar-refractivity contribution in [3.05, 3.63) is 0 Å². The number of carbonyl (C=O) groups is 6. The van der Waals surface area contributed by atoms with E-state index in [1.165, 1.54) is 12.4 Å². The normalized spacial score (nSPS) is 12.4. The van der Waals surface area contributed by atoms with Gasteiger partial charge in [-0.3, -0.25) is 28.8 Å². The molecule has 0 radical (unpaired) electrons. The van der Waals surface area contributed by atoms with Crippen LogP contribution in [-0.2, 0) is 38.4 Å². The Morgan fingerprint density at radius 2 is 0.978 bits per heavy atom. The molecule has 0 unspecified atom stereocenters. The van der Waals surface area contributed by atoms with Crippen molar-refractivity contribution in [2.24, 2.45) is 21.8 Å². The van der Waals surface area contributed by atoms with E-state index in [0.717, 1.165) is 25.7 Å². The highest BCUT2D eigenvalue weighted by atomic mass is 127. The van der Waals surface area contributed by atoms with Crippen molar-refractivity contribution < 1.29 is 38.4 Å². The van der Waals surface area contributed by atoms with E-state index >= 15 is 0 Å². The number of carbonyl (C=O) groups excluding carboxylic acids is 6. The molecule has 16 nitrogen and oxygen atoms in total. The molecule has 0 spiro atoms. The van der Waals surface area contributed by atoms with E-state index in [1.54, 1.807) is 45.2 Å². The van der Waals surface area contributed by atoms with Gasteiger partial charge in [-0.2, -0.15) is 0 Å². The third kappa shape index (κ3) is 26.5. The summed E-state index contributed by atoms with van der Waals surface area (Å²) in [5.74, 6) is -1.41. The minimum atomic E-state index is -0.578. The Kier molecular flexibility index (Phi) is 27.4. The Balaban J connectivity index is 3.84. The number of hydrogen-bond donors (Lipinski definition) is 6. The first-order chi connectivity index (χ1) is 21.6. The monoisotopic (exact) mass is 864 g/mol. The first-order valence-corrected chi connectivity index (χ1v) is 16.9. The van der Waals surface area contributed by atoms with Crippen LogP contribution in [0.25, 0.3) is 0 Å². The van der Waals surface area contributed by atoms with Crippen LogP contribution in [0.5, 0.6) is 0 Å². The van der Waals surface area contributed by atoms with Crippen molar-refractivity contribution in [1.29, 1.82) is 0 Å². The summed E-state index contributed by atoms with van der Waals surface area (Å²) in [6.07, 6.45) is 7.12. The van der Waals surface area contributed by atoms with E-state index in [2.05, 4.69) is 31.6 Å². The van der Waals surface area contributed by atoms with Crippen LogP contribution in [0, 0.1) is 0 Å². The number of nitrogens with one attached hydrogen (secondary N) is 4. The number of nitrogens with two attached hydrogens (primary N) is 2. The quantitative estimate of drug-likeness (QED) is 0.0207. The highest BCUT2D eigenvalue weighted by Crippen LogP contribution is 2.07. The van der Waals surface area contributed by atoms with Crippen molar-refractivity contribution >= 4 is 88.8 Å². The summed E-state index contributed by atoms with van der Waals surface area (Å²) in [5.41, 5.74) is 10.9. The maximum absolute atomic E-state index is 12.0. The van der Waals surface area contributed by atoms with Crippen molar-refractivity contribution in [2.75, 3.05) is 39.4 Å². The average molecular weight is 865 g/mol. The summed E-state index contributed by atoms with van der Waals surface area (Å²) < 4.78 is -0.321. The highest BCUT2D eigenvalue weighted by Gasteiger charge is 2.19. The molecule has 0 aliphatic heterocycles. The van der Waals surface area contributed by atoms with Crippen molar-refractivity contribution in [3.8, 4) is 0 Å². The number of nitrogens with zero attached hydrogens (tertiary/aromatic N) is 2. The van der Waals surface area contributed by atoms with Gasteiger partial charge in [0.2, 0.25) is 31.2 Å². The molecule has 0 aromatic heterocycles. The number of halogens is 2. The topological polar surface area (TPSA) is 246 Å². The largest absolute Gasteiger partial charge is 0.396 e. The molecule has 0 heterocycles. The van der Waals surface area contributed by atoms with Gasteiger partial charge in [0, 0.05) is 77.3 Å². The van der Waals surface area contributed by atoms with Gasteiger partial charge in [-0.05, 0) is 51.6 Å². The maximum atomic E-state index is 12.0. The number of hydrogen-bond acceptors (Lipinski definition) is 12. The molecule has 4 amide bonds. The molecular formula is C27H46I2N8O8. The number of oxime groups is 2. The fourth-order valence-electron chi connectivity index (χ4n) is 3.43. The number of unbranched alkanes of at least 4 members (excludes halogenated alkanes) is 2. The second-order valence-electron chi connectivity index (χ2n) is 9.62. The minimum absolute atomic E-state index is 0.0250. The summed E-state index contributed by atoms with van der Waals surface area (Å²) in [7, 11) is 0. The third-order valence-electron chi connectivity index (χ3n) is 5.82. The zero-order valence-electron chi connectivity index (χ0n) is 25.4. The Hall–Kier alpha value is -2.46. The molecule has 2 atom stereocenters. The molecule has 0 aliphatic rings. The van der Waals surface area contributed by atoms with Crippen LogP contribution in [-0.4, -0.2) is 95.1 Å². The van der Waals surface area contributed by atoms with Gasteiger partial charge < -0.3 is 42.4 Å². The second kappa shape index (κ2) is 29.0. The van der Waals surface area contributed by atoms with Gasteiger partial charge in [-0.1, -0.05) is 10.3 Å². The fraction of sp³-hybridized carbons (Fsp3) is 0.704. The SMILES string of the molecule is NCCCC[C@H](NC(=O)CCC(=O)NC/C=N\OCCCO/N=C\CNC(=O)CCC(=O)N[C@@H](CCCCN)C(=O)I)C(=O)I. The van der Waals surface area contributed by atoms with Crippen LogP contribution >= 0.6 is 45.2 Å². The lowest BCUT2D eigenvalue weighted by molar-refractivity contribution is -0.127. The van der Waals surface area contributed by atoms with E-state index in [0.29, 0.717) is 32.4 Å². The van der Waals surface area contributed by atoms with Gasteiger partial charge in [0.25, 0.3) is 0 Å². The molecular weight excluding hydrogens is 818 g/mol. The molecule has 0 aromatic carbocycles. The summed E-state index contributed by atoms with van der Waals surface area (Å²) in [4.78, 5) is 81.3. The van der Waals surface area contributed by atoms with E-state index < -0.39 is 12.1 Å². The zero-order chi connectivity index (χ0) is 33.7. The Morgan fingerprint density at radius 3 is 1.33 bits per heavy atom. The van der Waals surface area contributed by atoms with Crippen LogP contribution in [0.4, 0.5) is 0 Å². The third-order valence-corrected chi connectivity index (χ3v) is 7.32. The lowest BCUT2D eigenvalue weighted by atomic mass is 10.1. The van der Waals surface area contributed by atoms with Crippen LogP contribution in [0.15, 0.2) is 10.3 Å². The van der Waals surface area contributed by atoms with E-state index in [4.69, 9.17) is 21.1 Å².